The van der Waals surface area contributed by atoms with Crippen LogP contribution in [0.25, 0.3) is 0 Å². The molecule has 0 amide bonds. The fourth-order valence-corrected chi connectivity index (χ4v) is 1.18. The maximum Gasteiger partial charge on any atom is 0.169 e. The normalized spacial score (nSPS) is 14.6. The van der Waals surface area contributed by atoms with Gasteiger partial charge in [-0.3, -0.25) is 0 Å². The number of pyridine rings is 1. The third-order valence-corrected chi connectivity index (χ3v) is 1.74. The summed E-state index contributed by atoms with van der Waals surface area (Å²) in [7, 11) is 0. The van der Waals surface area contributed by atoms with Crippen molar-refractivity contribution in [2.75, 3.05) is 18.5 Å². The molecule has 2 heterocycles. The Morgan fingerprint density at radius 1 is 1.64 bits per heavy atom. The van der Waals surface area contributed by atoms with Crippen molar-refractivity contribution >= 4 is 5.82 Å². The summed E-state index contributed by atoms with van der Waals surface area (Å²) < 4.78 is 5.43. The molecule has 0 fully saturated rings. The SMILES string of the molecule is Cc1ccnc2c1OCCN2. The largest absolute Gasteiger partial charge is 0.488 e. The van der Waals surface area contributed by atoms with E-state index in [0.29, 0.717) is 0 Å². The number of aryl methyl sites for hydroxylation is 1. The molecule has 1 aromatic heterocycles. The van der Waals surface area contributed by atoms with Crippen LogP contribution in [0.2, 0.25) is 0 Å². The predicted molar refractivity (Wildman–Crippen MR) is 43.0 cm³/mol. The van der Waals surface area contributed by atoms with Crippen LogP contribution in [-0.4, -0.2) is 18.1 Å². The molecular formula is C8H10N2O. The van der Waals surface area contributed by atoms with Crippen LogP contribution in [0.3, 0.4) is 0 Å². The van der Waals surface area contributed by atoms with Crippen LogP contribution in [0.15, 0.2) is 12.3 Å². The van der Waals surface area contributed by atoms with Crippen LogP contribution in [0.1, 0.15) is 5.56 Å². The monoisotopic (exact) mass is 150 g/mol. The highest BCUT2D eigenvalue weighted by atomic mass is 16.5. The van der Waals surface area contributed by atoms with Gasteiger partial charge in [0.25, 0.3) is 0 Å². The zero-order valence-electron chi connectivity index (χ0n) is 6.42. The molecule has 2 rings (SSSR count). The lowest BCUT2D eigenvalue weighted by Gasteiger charge is -2.18. The van der Waals surface area contributed by atoms with E-state index in [4.69, 9.17) is 4.74 Å². The number of rotatable bonds is 0. The van der Waals surface area contributed by atoms with Crippen molar-refractivity contribution in [1.29, 1.82) is 0 Å². The Kier molecular flexibility index (Phi) is 1.42. The average molecular weight is 150 g/mol. The second kappa shape index (κ2) is 2.42. The lowest BCUT2D eigenvalue weighted by Crippen LogP contribution is -2.19. The van der Waals surface area contributed by atoms with Crippen molar-refractivity contribution < 1.29 is 4.74 Å². The zero-order chi connectivity index (χ0) is 7.68. The van der Waals surface area contributed by atoms with Gasteiger partial charge >= 0.3 is 0 Å². The highest BCUT2D eigenvalue weighted by Crippen LogP contribution is 2.27. The molecule has 1 aliphatic rings. The minimum atomic E-state index is 0.736. The first-order chi connectivity index (χ1) is 5.38. The summed E-state index contributed by atoms with van der Waals surface area (Å²) in [6.45, 7) is 3.61. The van der Waals surface area contributed by atoms with E-state index < -0.39 is 0 Å². The number of hydrogen-bond donors (Lipinski definition) is 1. The van der Waals surface area contributed by atoms with E-state index in [1.807, 2.05) is 13.0 Å². The van der Waals surface area contributed by atoms with Crippen molar-refractivity contribution in [2.24, 2.45) is 0 Å². The number of aromatic nitrogens is 1. The molecule has 0 spiro atoms. The van der Waals surface area contributed by atoms with Gasteiger partial charge in [-0.1, -0.05) is 0 Å². The molecule has 0 bridgehead atoms. The minimum Gasteiger partial charge on any atom is -0.488 e. The number of anilines is 1. The first kappa shape index (κ1) is 6.46. The van der Waals surface area contributed by atoms with Crippen molar-refractivity contribution in [3.05, 3.63) is 17.8 Å². The van der Waals surface area contributed by atoms with Crippen LogP contribution in [-0.2, 0) is 0 Å². The summed E-state index contributed by atoms with van der Waals surface area (Å²) in [6.07, 6.45) is 1.79. The predicted octanol–water partition coefficient (Wildman–Crippen LogP) is 1.19. The van der Waals surface area contributed by atoms with Crippen molar-refractivity contribution in [1.82, 2.24) is 4.98 Å². The van der Waals surface area contributed by atoms with E-state index in [1.165, 1.54) is 0 Å². The van der Waals surface area contributed by atoms with Gasteiger partial charge in [-0.2, -0.15) is 0 Å². The van der Waals surface area contributed by atoms with E-state index in [9.17, 15) is 0 Å². The first-order valence-corrected chi connectivity index (χ1v) is 3.70. The zero-order valence-corrected chi connectivity index (χ0v) is 6.42. The molecule has 0 aromatic carbocycles. The molecule has 1 aliphatic heterocycles. The van der Waals surface area contributed by atoms with Crippen molar-refractivity contribution in [2.45, 2.75) is 6.92 Å². The molecule has 0 saturated carbocycles. The summed E-state index contributed by atoms with van der Waals surface area (Å²) in [5.74, 6) is 1.77. The smallest absolute Gasteiger partial charge is 0.169 e. The van der Waals surface area contributed by atoms with Gasteiger partial charge in [0.2, 0.25) is 0 Å². The van der Waals surface area contributed by atoms with Crippen molar-refractivity contribution in [3.63, 3.8) is 0 Å². The second-order valence-electron chi connectivity index (χ2n) is 2.58. The van der Waals surface area contributed by atoms with Crippen molar-refractivity contribution in [3.8, 4) is 5.75 Å². The molecule has 11 heavy (non-hydrogen) atoms. The summed E-state index contributed by atoms with van der Waals surface area (Å²) in [4.78, 5) is 4.14. The standard InChI is InChI=1S/C8H10N2O/c1-6-2-3-9-8-7(6)11-5-4-10-8/h2-3H,4-5H2,1H3,(H,9,10). The number of fused-ring (bicyclic) bond motifs is 1. The Hall–Kier alpha value is -1.25. The number of nitrogens with one attached hydrogen (secondary N) is 1. The van der Waals surface area contributed by atoms with Crippen LogP contribution >= 0.6 is 0 Å². The fourth-order valence-electron chi connectivity index (χ4n) is 1.18. The first-order valence-electron chi connectivity index (χ1n) is 3.70. The Morgan fingerprint density at radius 3 is 3.36 bits per heavy atom. The Morgan fingerprint density at radius 2 is 2.55 bits per heavy atom. The maximum absolute atomic E-state index is 5.43. The minimum absolute atomic E-state index is 0.736. The van der Waals surface area contributed by atoms with Crippen LogP contribution in [0.4, 0.5) is 5.82 Å². The van der Waals surface area contributed by atoms with E-state index in [2.05, 4.69) is 10.3 Å². The molecule has 1 N–H and O–H groups in total. The fraction of sp³-hybridized carbons (Fsp3) is 0.375. The molecule has 0 radical (unpaired) electrons. The van der Waals surface area contributed by atoms with Gasteiger partial charge < -0.3 is 10.1 Å². The molecule has 0 atom stereocenters. The Labute approximate surface area is 65.4 Å². The summed E-state index contributed by atoms with van der Waals surface area (Å²) in [6, 6.07) is 1.95. The number of nitrogens with zero attached hydrogens (tertiary/aromatic N) is 1. The second-order valence-corrected chi connectivity index (χ2v) is 2.58. The molecule has 0 aliphatic carbocycles. The lowest BCUT2D eigenvalue weighted by molar-refractivity contribution is 0.319. The van der Waals surface area contributed by atoms with Crippen LogP contribution in [0, 0.1) is 6.92 Å². The molecular weight excluding hydrogens is 140 g/mol. The quantitative estimate of drug-likeness (QED) is 0.603. The van der Waals surface area contributed by atoms with E-state index in [-0.39, 0.29) is 0 Å². The van der Waals surface area contributed by atoms with Gasteiger partial charge in [0.1, 0.15) is 6.61 Å². The van der Waals surface area contributed by atoms with Gasteiger partial charge in [-0.25, -0.2) is 4.98 Å². The van der Waals surface area contributed by atoms with Gasteiger partial charge in [0, 0.05) is 6.20 Å². The van der Waals surface area contributed by atoms with Gasteiger partial charge in [-0.15, -0.1) is 0 Å². The topological polar surface area (TPSA) is 34.1 Å². The number of ether oxygens (including phenoxy) is 1. The van der Waals surface area contributed by atoms with E-state index >= 15 is 0 Å². The average Bonchev–Trinajstić information content (AvgIpc) is 2.06. The summed E-state index contributed by atoms with van der Waals surface area (Å²) in [5.41, 5.74) is 1.14. The van der Waals surface area contributed by atoms with Gasteiger partial charge in [0.15, 0.2) is 11.6 Å². The molecule has 3 heteroatoms. The Bertz CT molecular complexity index is 273. The molecule has 1 aromatic rings. The van der Waals surface area contributed by atoms with E-state index in [0.717, 1.165) is 30.3 Å². The third kappa shape index (κ3) is 1.02. The van der Waals surface area contributed by atoms with Gasteiger partial charge in [0.05, 0.1) is 6.54 Å². The molecule has 0 unspecified atom stereocenters. The molecule has 58 valence electrons. The van der Waals surface area contributed by atoms with Gasteiger partial charge in [-0.05, 0) is 18.6 Å². The number of hydrogen-bond acceptors (Lipinski definition) is 3. The van der Waals surface area contributed by atoms with Crippen LogP contribution in [0.5, 0.6) is 5.75 Å². The molecule has 3 nitrogen and oxygen atoms in total. The van der Waals surface area contributed by atoms with Crippen LogP contribution < -0.4 is 10.1 Å². The summed E-state index contributed by atoms with van der Waals surface area (Å²) in [5, 5.41) is 3.17. The summed E-state index contributed by atoms with van der Waals surface area (Å²) >= 11 is 0. The Balaban J connectivity index is 2.49. The lowest BCUT2D eigenvalue weighted by atomic mass is 10.2. The van der Waals surface area contributed by atoms with E-state index in [1.54, 1.807) is 6.20 Å². The third-order valence-electron chi connectivity index (χ3n) is 1.74. The molecule has 0 saturated heterocycles. The highest BCUT2D eigenvalue weighted by molar-refractivity contribution is 5.55. The maximum atomic E-state index is 5.43. The highest BCUT2D eigenvalue weighted by Gasteiger charge is 2.11.